The maximum atomic E-state index is 12.0. The molecule has 0 spiro atoms. The average Bonchev–Trinajstić information content (AvgIpc) is 2.59. The summed E-state index contributed by atoms with van der Waals surface area (Å²) in [5, 5.41) is 19.7. The van der Waals surface area contributed by atoms with Crippen molar-refractivity contribution in [3.8, 4) is 0 Å². The number of non-ortho nitro benzene ring substituents is 1. The molecule has 0 aliphatic heterocycles. The van der Waals surface area contributed by atoms with Crippen LogP contribution in [0.4, 0.5) is 5.69 Å². The molecule has 1 aromatic rings. The zero-order chi connectivity index (χ0) is 20.3. The second-order valence-electron chi connectivity index (χ2n) is 7.01. The molecule has 0 aliphatic carbocycles. The SMILES string of the molecule is COCCCNC(=NCc1ccc([N+](=O)[O-])cc1)NCC(=O)NC(C)(C)C.I. The molecule has 0 heterocycles. The molecule has 1 rings (SSSR count). The second-order valence-corrected chi connectivity index (χ2v) is 7.01. The molecule has 0 saturated carbocycles. The zero-order valence-corrected chi connectivity index (χ0v) is 19.1. The van der Waals surface area contributed by atoms with Gasteiger partial charge in [0.15, 0.2) is 5.96 Å². The summed E-state index contributed by atoms with van der Waals surface area (Å²) in [6, 6.07) is 6.22. The maximum absolute atomic E-state index is 12.0. The van der Waals surface area contributed by atoms with E-state index in [0.29, 0.717) is 25.7 Å². The Morgan fingerprint density at radius 2 is 1.86 bits per heavy atom. The molecule has 10 heteroatoms. The molecule has 9 nitrogen and oxygen atoms in total. The van der Waals surface area contributed by atoms with E-state index in [2.05, 4.69) is 20.9 Å². The van der Waals surface area contributed by atoms with Crippen molar-refractivity contribution < 1.29 is 14.5 Å². The number of hydrogen-bond donors (Lipinski definition) is 3. The Kier molecular flexibility index (Phi) is 12.3. The molecule has 1 aromatic carbocycles. The van der Waals surface area contributed by atoms with Crippen LogP contribution in [0, 0.1) is 10.1 Å². The standard InChI is InChI=1S/C18H29N5O4.HI/c1-18(2,3)22-16(24)13-21-17(19-10-5-11-27-4)20-12-14-6-8-15(9-7-14)23(25)26;/h6-9H,5,10-13H2,1-4H3,(H,22,24)(H2,19,20,21);1H. The summed E-state index contributed by atoms with van der Waals surface area (Å²) in [4.78, 5) is 26.7. The molecule has 0 atom stereocenters. The molecule has 28 heavy (non-hydrogen) atoms. The lowest BCUT2D eigenvalue weighted by Crippen LogP contribution is -2.48. The Balaban J connectivity index is 0.00000729. The highest BCUT2D eigenvalue weighted by Crippen LogP contribution is 2.12. The van der Waals surface area contributed by atoms with Gasteiger partial charge in [-0.15, -0.1) is 24.0 Å². The summed E-state index contributed by atoms with van der Waals surface area (Å²) < 4.78 is 5.02. The van der Waals surface area contributed by atoms with Crippen molar-refractivity contribution in [3.05, 3.63) is 39.9 Å². The van der Waals surface area contributed by atoms with Crippen LogP contribution in [0.1, 0.15) is 32.8 Å². The number of methoxy groups -OCH3 is 1. The van der Waals surface area contributed by atoms with Gasteiger partial charge in [-0.05, 0) is 32.8 Å². The highest BCUT2D eigenvalue weighted by molar-refractivity contribution is 14.0. The Hall–Kier alpha value is -1.95. The van der Waals surface area contributed by atoms with Gasteiger partial charge in [0.1, 0.15) is 0 Å². The van der Waals surface area contributed by atoms with E-state index in [9.17, 15) is 14.9 Å². The summed E-state index contributed by atoms with van der Waals surface area (Å²) in [5.41, 5.74) is 0.566. The number of ether oxygens (including phenoxy) is 1. The monoisotopic (exact) mass is 507 g/mol. The fourth-order valence-corrected chi connectivity index (χ4v) is 2.12. The number of amides is 1. The lowest BCUT2D eigenvalue weighted by molar-refractivity contribution is -0.384. The molecular formula is C18H30IN5O4. The van der Waals surface area contributed by atoms with Crippen molar-refractivity contribution in [3.63, 3.8) is 0 Å². The molecule has 0 radical (unpaired) electrons. The lowest BCUT2D eigenvalue weighted by Gasteiger charge is -2.21. The van der Waals surface area contributed by atoms with Gasteiger partial charge in [0, 0.05) is 37.9 Å². The van der Waals surface area contributed by atoms with E-state index in [1.165, 1.54) is 12.1 Å². The van der Waals surface area contributed by atoms with Gasteiger partial charge < -0.3 is 20.7 Å². The third-order valence-electron chi connectivity index (χ3n) is 3.32. The molecular weight excluding hydrogens is 477 g/mol. The first kappa shape index (κ1) is 26.1. The molecule has 0 unspecified atom stereocenters. The highest BCUT2D eigenvalue weighted by atomic mass is 127. The number of nitro groups is 1. The smallest absolute Gasteiger partial charge is 0.269 e. The number of benzene rings is 1. The minimum Gasteiger partial charge on any atom is -0.385 e. The summed E-state index contributed by atoms with van der Waals surface area (Å²) in [6.45, 7) is 7.42. The fourth-order valence-electron chi connectivity index (χ4n) is 2.12. The molecule has 0 aliphatic rings. The number of nitrogens with zero attached hydrogens (tertiary/aromatic N) is 2. The molecule has 1 amide bonds. The van der Waals surface area contributed by atoms with Crippen molar-refractivity contribution in [2.45, 2.75) is 39.3 Å². The quantitative estimate of drug-likeness (QED) is 0.118. The molecule has 158 valence electrons. The van der Waals surface area contributed by atoms with Gasteiger partial charge in [-0.2, -0.15) is 0 Å². The predicted octanol–water partition coefficient (Wildman–Crippen LogP) is 2.20. The van der Waals surface area contributed by atoms with Crippen LogP contribution in [-0.2, 0) is 16.1 Å². The second kappa shape index (κ2) is 13.3. The van der Waals surface area contributed by atoms with Crippen molar-refractivity contribution in [2.75, 3.05) is 26.8 Å². The third-order valence-corrected chi connectivity index (χ3v) is 3.32. The molecule has 0 saturated heterocycles. The van der Waals surface area contributed by atoms with E-state index in [-0.39, 0.29) is 47.7 Å². The summed E-state index contributed by atoms with van der Waals surface area (Å²) >= 11 is 0. The van der Waals surface area contributed by atoms with Gasteiger partial charge in [-0.3, -0.25) is 14.9 Å². The highest BCUT2D eigenvalue weighted by Gasteiger charge is 2.13. The van der Waals surface area contributed by atoms with Crippen LogP contribution in [0.5, 0.6) is 0 Å². The number of nitro benzene ring substituents is 1. The number of carbonyl (C=O) groups is 1. The van der Waals surface area contributed by atoms with Crippen LogP contribution in [0.3, 0.4) is 0 Å². The van der Waals surface area contributed by atoms with Gasteiger partial charge in [-0.25, -0.2) is 4.99 Å². The van der Waals surface area contributed by atoms with Crippen LogP contribution in [-0.4, -0.2) is 49.1 Å². The number of guanidine groups is 1. The first-order chi connectivity index (χ1) is 12.7. The van der Waals surface area contributed by atoms with Crippen LogP contribution in [0.25, 0.3) is 0 Å². The van der Waals surface area contributed by atoms with Gasteiger partial charge in [0.05, 0.1) is 18.0 Å². The van der Waals surface area contributed by atoms with Crippen molar-refractivity contribution in [1.82, 2.24) is 16.0 Å². The first-order valence-electron chi connectivity index (χ1n) is 8.77. The van der Waals surface area contributed by atoms with Gasteiger partial charge in [0.25, 0.3) is 5.69 Å². The number of rotatable bonds is 9. The van der Waals surface area contributed by atoms with E-state index >= 15 is 0 Å². The minimum atomic E-state index is -0.439. The van der Waals surface area contributed by atoms with Crippen molar-refractivity contribution >= 4 is 41.5 Å². The van der Waals surface area contributed by atoms with Gasteiger partial charge in [-0.1, -0.05) is 12.1 Å². The van der Waals surface area contributed by atoms with Crippen molar-refractivity contribution in [1.29, 1.82) is 0 Å². The Morgan fingerprint density at radius 1 is 1.21 bits per heavy atom. The Labute approximate surface area is 182 Å². The number of halogens is 1. The minimum absolute atomic E-state index is 0. The third kappa shape index (κ3) is 11.7. The van der Waals surface area contributed by atoms with Crippen LogP contribution in [0.15, 0.2) is 29.3 Å². The normalized spacial score (nSPS) is 11.4. The summed E-state index contributed by atoms with van der Waals surface area (Å²) in [7, 11) is 1.64. The Bertz CT molecular complexity index is 644. The van der Waals surface area contributed by atoms with E-state index < -0.39 is 4.92 Å². The topological polar surface area (TPSA) is 118 Å². The zero-order valence-electron chi connectivity index (χ0n) is 16.8. The van der Waals surface area contributed by atoms with Crippen LogP contribution >= 0.6 is 24.0 Å². The maximum Gasteiger partial charge on any atom is 0.269 e. The van der Waals surface area contributed by atoms with Crippen LogP contribution in [0.2, 0.25) is 0 Å². The number of nitrogens with one attached hydrogen (secondary N) is 3. The predicted molar refractivity (Wildman–Crippen MR) is 120 cm³/mol. The lowest BCUT2D eigenvalue weighted by atomic mass is 10.1. The molecule has 0 aromatic heterocycles. The van der Waals surface area contributed by atoms with E-state index in [1.807, 2.05) is 20.8 Å². The molecule has 0 bridgehead atoms. The first-order valence-corrected chi connectivity index (χ1v) is 8.77. The van der Waals surface area contributed by atoms with E-state index in [1.54, 1.807) is 19.2 Å². The number of carbonyl (C=O) groups excluding carboxylic acids is 1. The number of hydrogen-bond acceptors (Lipinski definition) is 5. The van der Waals surface area contributed by atoms with Gasteiger partial charge in [0.2, 0.25) is 5.91 Å². The average molecular weight is 507 g/mol. The molecule has 0 fully saturated rings. The van der Waals surface area contributed by atoms with Gasteiger partial charge >= 0.3 is 0 Å². The largest absolute Gasteiger partial charge is 0.385 e. The fraction of sp³-hybridized carbons (Fsp3) is 0.556. The summed E-state index contributed by atoms with van der Waals surface area (Å²) in [6.07, 6.45) is 0.795. The number of aliphatic imine (C=N–C) groups is 1. The van der Waals surface area contributed by atoms with E-state index in [0.717, 1.165) is 12.0 Å². The summed E-state index contributed by atoms with van der Waals surface area (Å²) in [5.74, 6) is 0.359. The van der Waals surface area contributed by atoms with Crippen molar-refractivity contribution in [2.24, 2.45) is 4.99 Å². The van der Waals surface area contributed by atoms with E-state index in [4.69, 9.17) is 4.74 Å². The Morgan fingerprint density at radius 3 is 2.39 bits per heavy atom. The molecule has 3 N–H and O–H groups in total. The van der Waals surface area contributed by atoms with Crippen LogP contribution < -0.4 is 16.0 Å².